The Morgan fingerprint density at radius 2 is 2.15 bits per heavy atom. The van der Waals surface area contributed by atoms with Crippen molar-refractivity contribution in [2.45, 2.75) is 26.2 Å². The van der Waals surface area contributed by atoms with Crippen LogP contribution in [0.1, 0.15) is 28.8 Å². The zero-order valence-corrected chi connectivity index (χ0v) is 11.9. The summed E-state index contributed by atoms with van der Waals surface area (Å²) < 4.78 is 5.82. The SMILES string of the molecule is Cc1cc(Cl)ccc1Oc1nc2c(cc1C#N)CCC2. The fraction of sp³-hybridized carbons (Fsp3) is 0.250. The maximum Gasteiger partial charge on any atom is 0.237 e. The van der Waals surface area contributed by atoms with Gasteiger partial charge >= 0.3 is 0 Å². The van der Waals surface area contributed by atoms with Gasteiger partial charge in [-0.3, -0.25) is 0 Å². The Morgan fingerprint density at radius 1 is 1.30 bits per heavy atom. The zero-order chi connectivity index (χ0) is 14.1. The van der Waals surface area contributed by atoms with E-state index in [4.69, 9.17) is 16.3 Å². The van der Waals surface area contributed by atoms with Crippen LogP contribution in [0.2, 0.25) is 5.02 Å². The smallest absolute Gasteiger partial charge is 0.237 e. The van der Waals surface area contributed by atoms with Crippen LogP contribution in [0.4, 0.5) is 0 Å². The lowest BCUT2D eigenvalue weighted by molar-refractivity contribution is 0.456. The third-order valence-corrected chi connectivity index (χ3v) is 3.72. The van der Waals surface area contributed by atoms with Crippen LogP contribution in [-0.4, -0.2) is 4.98 Å². The molecule has 0 saturated heterocycles. The molecule has 1 aromatic carbocycles. The van der Waals surface area contributed by atoms with Gasteiger partial charge in [-0.25, -0.2) is 4.98 Å². The monoisotopic (exact) mass is 284 g/mol. The van der Waals surface area contributed by atoms with Crippen LogP contribution in [-0.2, 0) is 12.8 Å². The summed E-state index contributed by atoms with van der Waals surface area (Å²) in [6, 6.07) is 9.46. The van der Waals surface area contributed by atoms with Crippen LogP contribution in [0.3, 0.4) is 0 Å². The minimum Gasteiger partial charge on any atom is -0.437 e. The van der Waals surface area contributed by atoms with Gasteiger partial charge in [0.05, 0.1) is 0 Å². The zero-order valence-electron chi connectivity index (χ0n) is 11.1. The molecule has 3 nitrogen and oxygen atoms in total. The Balaban J connectivity index is 2.00. The highest BCUT2D eigenvalue weighted by Crippen LogP contribution is 2.31. The minimum absolute atomic E-state index is 0.388. The van der Waals surface area contributed by atoms with Gasteiger partial charge in [-0.05, 0) is 61.6 Å². The average Bonchev–Trinajstić information content (AvgIpc) is 2.88. The Hall–Kier alpha value is -2.05. The van der Waals surface area contributed by atoms with Gasteiger partial charge in [0.15, 0.2) is 0 Å². The van der Waals surface area contributed by atoms with Crippen LogP contribution in [0, 0.1) is 18.3 Å². The van der Waals surface area contributed by atoms with Crippen LogP contribution >= 0.6 is 11.6 Å². The number of fused-ring (bicyclic) bond motifs is 1. The molecule has 1 aliphatic rings. The topological polar surface area (TPSA) is 45.9 Å². The van der Waals surface area contributed by atoms with Gasteiger partial charge in [0.2, 0.25) is 5.88 Å². The molecule has 0 unspecified atom stereocenters. The Kier molecular flexibility index (Phi) is 3.33. The summed E-state index contributed by atoms with van der Waals surface area (Å²) in [5.41, 5.74) is 3.62. The van der Waals surface area contributed by atoms with E-state index < -0.39 is 0 Å². The number of rotatable bonds is 2. The first kappa shape index (κ1) is 13.0. The lowest BCUT2D eigenvalue weighted by Crippen LogP contribution is -1.98. The maximum atomic E-state index is 9.25. The van der Waals surface area contributed by atoms with Crippen molar-refractivity contribution in [3.8, 4) is 17.7 Å². The highest BCUT2D eigenvalue weighted by Gasteiger charge is 2.18. The molecule has 0 N–H and O–H groups in total. The van der Waals surface area contributed by atoms with Gasteiger partial charge in [-0.2, -0.15) is 5.26 Å². The molecule has 0 fully saturated rings. The first-order chi connectivity index (χ1) is 9.67. The van der Waals surface area contributed by atoms with Gasteiger partial charge in [0.1, 0.15) is 17.4 Å². The third kappa shape index (κ3) is 2.35. The van der Waals surface area contributed by atoms with Gasteiger partial charge in [0, 0.05) is 10.7 Å². The van der Waals surface area contributed by atoms with Gasteiger partial charge in [-0.15, -0.1) is 0 Å². The molecule has 1 aromatic heterocycles. The van der Waals surface area contributed by atoms with Crippen molar-refractivity contribution < 1.29 is 4.74 Å². The lowest BCUT2D eigenvalue weighted by Gasteiger charge is -2.11. The fourth-order valence-electron chi connectivity index (χ4n) is 2.44. The van der Waals surface area contributed by atoms with E-state index in [1.54, 1.807) is 12.1 Å². The first-order valence-corrected chi connectivity index (χ1v) is 6.92. The highest BCUT2D eigenvalue weighted by atomic mass is 35.5. The van der Waals surface area contributed by atoms with Crippen molar-refractivity contribution >= 4 is 11.6 Å². The van der Waals surface area contributed by atoms with E-state index in [1.165, 1.54) is 5.56 Å². The van der Waals surface area contributed by atoms with E-state index in [9.17, 15) is 5.26 Å². The van der Waals surface area contributed by atoms with Gasteiger partial charge in [-0.1, -0.05) is 11.6 Å². The molecule has 3 rings (SSSR count). The van der Waals surface area contributed by atoms with E-state index in [0.717, 1.165) is 30.5 Å². The molecule has 0 spiro atoms. The van der Waals surface area contributed by atoms with Gasteiger partial charge < -0.3 is 4.74 Å². The number of hydrogen-bond acceptors (Lipinski definition) is 3. The molecular formula is C16H13ClN2O. The van der Waals surface area contributed by atoms with Crippen molar-refractivity contribution in [2.75, 3.05) is 0 Å². The van der Waals surface area contributed by atoms with E-state index in [-0.39, 0.29) is 0 Å². The molecule has 2 aromatic rings. The number of halogens is 1. The number of hydrogen-bond donors (Lipinski definition) is 0. The van der Waals surface area contributed by atoms with Crippen molar-refractivity contribution in [1.82, 2.24) is 4.98 Å². The fourth-order valence-corrected chi connectivity index (χ4v) is 2.67. The molecule has 4 heteroatoms. The Labute approximate surface area is 122 Å². The summed E-state index contributed by atoms with van der Waals surface area (Å²) in [6.07, 6.45) is 3.05. The Bertz CT molecular complexity index is 719. The minimum atomic E-state index is 0.388. The molecule has 20 heavy (non-hydrogen) atoms. The molecular weight excluding hydrogens is 272 g/mol. The molecule has 100 valence electrons. The van der Waals surface area contributed by atoms with E-state index in [1.807, 2.05) is 19.1 Å². The average molecular weight is 285 g/mol. The first-order valence-electron chi connectivity index (χ1n) is 6.54. The number of ether oxygens (including phenoxy) is 1. The predicted octanol–water partition coefficient (Wildman–Crippen LogP) is 4.20. The van der Waals surface area contributed by atoms with Crippen molar-refractivity contribution in [3.63, 3.8) is 0 Å². The van der Waals surface area contributed by atoms with Crippen molar-refractivity contribution in [2.24, 2.45) is 0 Å². The predicted molar refractivity (Wildman–Crippen MR) is 77.2 cm³/mol. The molecule has 0 radical (unpaired) electrons. The number of aromatic nitrogens is 1. The summed E-state index contributed by atoms with van der Waals surface area (Å²) >= 11 is 5.93. The Morgan fingerprint density at radius 3 is 2.90 bits per heavy atom. The summed E-state index contributed by atoms with van der Waals surface area (Å²) in [5, 5.41) is 9.91. The second-order valence-corrected chi connectivity index (χ2v) is 5.36. The summed E-state index contributed by atoms with van der Waals surface area (Å²) in [6.45, 7) is 1.92. The molecule has 1 heterocycles. The molecule has 0 atom stereocenters. The van der Waals surface area contributed by atoms with Crippen LogP contribution in [0.15, 0.2) is 24.3 Å². The number of pyridine rings is 1. The number of benzene rings is 1. The number of nitrogens with zero attached hydrogens (tertiary/aromatic N) is 2. The second-order valence-electron chi connectivity index (χ2n) is 4.92. The second kappa shape index (κ2) is 5.15. The maximum absolute atomic E-state index is 9.25. The molecule has 1 aliphatic carbocycles. The standard InChI is InChI=1S/C16H13ClN2O/c1-10-7-13(17)5-6-15(10)20-16-12(9-18)8-11-3-2-4-14(11)19-16/h5-8H,2-4H2,1H3. The van der Waals surface area contributed by atoms with Crippen molar-refractivity contribution in [1.29, 1.82) is 5.26 Å². The molecule has 0 bridgehead atoms. The molecule has 0 saturated carbocycles. The lowest BCUT2D eigenvalue weighted by atomic mass is 10.1. The number of nitriles is 1. The van der Waals surface area contributed by atoms with E-state index in [2.05, 4.69) is 11.1 Å². The third-order valence-electron chi connectivity index (χ3n) is 3.48. The van der Waals surface area contributed by atoms with Gasteiger partial charge in [0.25, 0.3) is 0 Å². The quantitative estimate of drug-likeness (QED) is 0.830. The molecule has 0 amide bonds. The highest BCUT2D eigenvalue weighted by molar-refractivity contribution is 6.30. The van der Waals surface area contributed by atoms with Crippen LogP contribution in [0.25, 0.3) is 0 Å². The van der Waals surface area contributed by atoms with E-state index in [0.29, 0.717) is 22.2 Å². The summed E-state index contributed by atoms with van der Waals surface area (Å²) in [7, 11) is 0. The number of aryl methyl sites for hydroxylation is 3. The van der Waals surface area contributed by atoms with Crippen LogP contribution in [0.5, 0.6) is 11.6 Å². The summed E-state index contributed by atoms with van der Waals surface area (Å²) in [5.74, 6) is 1.06. The molecule has 0 aliphatic heterocycles. The normalized spacial score (nSPS) is 12.8. The van der Waals surface area contributed by atoms with Crippen LogP contribution < -0.4 is 4.74 Å². The largest absolute Gasteiger partial charge is 0.437 e. The van der Waals surface area contributed by atoms with E-state index >= 15 is 0 Å². The van der Waals surface area contributed by atoms with Crippen molar-refractivity contribution in [3.05, 3.63) is 51.7 Å². The summed E-state index contributed by atoms with van der Waals surface area (Å²) in [4.78, 5) is 4.51.